The van der Waals surface area contributed by atoms with Crippen molar-refractivity contribution in [2.24, 2.45) is 0 Å². The maximum Gasteiger partial charge on any atom is 0.420 e. The van der Waals surface area contributed by atoms with Crippen LogP contribution >= 0.6 is 11.6 Å². The first-order valence-corrected chi connectivity index (χ1v) is 10.5. The molecule has 0 atom stereocenters. The van der Waals surface area contributed by atoms with Crippen molar-refractivity contribution in [3.63, 3.8) is 0 Å². The lowest BCUT2D eigenvalue weighted by Crippen LogP contribution is -2.10. The van der Waals surface area contributed by atoms with E-state index in [1.165, 1.54) is 42.5 Å². The standard InChI is InChI=1S/C21H14ClF3O5S/c1-13(26)29-15-9-14(22)10-16(11-15)30-20-8-7-18(12-19(20)21(23,24)25)31(27,28)17-5-3-2-4-6-17/h2-12H,1H3. The van der Waals surface area contributed by atoms with Crippen LogP contribution in [0.15, 0.2) is 76.5 Å². The highest BCUT2D eigenvalue weighted by atomic mass is 35.5. The van der Waals surface area contributed by atoms with Crippen LogP contribution in [0.3, 0.4) is 0 Å². The molecular formula is C21H14ClF3O5S. The van der Waals surface area contributed by atoms with E-state index >= 15 is 0 Å². The molecule has 0 aromatic heterocycles. The van der Waals surface area contributed by atoms with Crippen molar-refractivity contribution in [1.29, 1.82) is 0 Å². The highest BCUT2D eigenvalue weighted by Gasteiger charge is 2.36. The van der Waals surface area contributed by atoms with Gasteiger partial charge in [-0.2, -0.15) is 13.2 Å². The summed E-state index contributed by atoms with van der Waals surface area (Å²) in [6.07, 6.45) is -4.91. The van der Waals surface area contributed by atoms with Crippen LogP contribution in [0.5, 0.6) is 17.2 Å². The number of ether oxygens (including phenoxy) is 2. The second kappa shape index (κ2) is 8.60. The highest BCUT2D eigenvalue weighted by molar-refractivity contribution is 7.91. The zero-order chi connectivity index (χ0) is 22.8. The molecule has 31 heavy (non-hydrogen) atoms. The number of benzene rings is 3. The molecule has 0 spiro atoms. The molecule has 0 aliphatic rings. The molecule has 0 amide bonds. The van der Waals surface area contributed by atoms with Crippen molar-refractivity contribution >= 4 is 27.4 Å². The summed E-state index contributed by atoms with van der Waals surface area (Å²) in [6.45, 7) is 1.15. The van der Waals surface area contributed by atoms with Crippen LogP contribution in [0.2, 0.25) is 5.02 Å². The molecule has 0 heterocycles. The van der Waals surface area contributed by atoms with Crippen molar-refractivity contribution in [3.8, 4) is 17.2 Å². The third kappa shape index (κ3) is 5.36. The molecule has 0 saturated heterocycles. The Morgan fingerprint density at radius 2 is 1.55 bits per heavy atom. The summed E-state index contributed by atoms with van der Waals surface area (Å²) < 4.78 is 76.6. The summed E-state index contributed by atoms with van der Waals surface area (Å²) in [4.78, 5) is 10.4. The Morgan fingerprint density at radius 1 is 0.903 bits per heavy atom. The number of alkyl halides is 3. The van der Waals surface area contributed by atoms with Crippen LogP contribution < -0.4 is 9.47 Å². The van der Waals surface area contributed by atoms with Gasteiger partial charge in [-0.15, -0.1) is 0 Å². The molecular weight excluding hydrogens is 457 g/mol. The van der Waals surface area contributed by atoms with Crippen molar-refractivity contribution in [2.45, 2.75) is 22.9 Å². The molecule has 3 aromatic carbocycles. The Kier molecular flexibility index (Phi) is 6.28. The lowest BCUT2D eigenvalue weighted by atomic mass is 10.2. The normalized spacial score (nSPS) is 11.8. The Bertz CT molecular complexity index is 1230. The summed E-state index contributed by atoms with van der Waals surface area (Å²) in [5.41, 5.74) is -1.29. The predicted molar refractivity (Wildman–Crippen MR) is 106 cm³/mol. The van der Waals surface area contributed by atoms with E-state index in [1.807, 2.05) is 0 Å². The summed E-state index contributed by atoms with van der Waals surface area (Å²) in [6, 6.07) is 13.2. The summed E-state index contributed by atoms with van der Waals surface area (Å²) in [5.74, 6) is -1.45. The predicted octanol–water partition coefficient (Wildman–Crippen LogP) is 5.91. The van der Waals surface area contributed by atoms with Crippen LogP contribution in [-0.2, 0) is 20.8 Å². The minimum Gasteiger partial charge on any atom is -0.457 e. The van der Waals surface area contributed by atoms with Crippen LogP contribution in [0.25, 0.3) is 0 Å². The lowest BCUT2D eigenvalue weighted by molar-refractivity contribution is -0.138. The average molecular weight is 471 g/mol. The van der Waals surface area contributed by atoms with E-state index in [4.69, 9.17) is 21.1 Å². The van der Waals surface area contributed by atoms with Gasteiger partial charge in [0.25, 0.3) is 0 Å². The highest BCUT2D eigenvalue weighted by Crippen LogP contribution is 2.41. The zero-order valence-corrected chi connectivity index (χ0v) is 17.4. The molecule has 162 valence electrons. The van der Waals surface area contributed by atoms with Crippen LogP contribution in [0.1, 0.15) is 12.5 Å². The van der Waals surface area contributed by atoms with E-state index in [9.17, 15) is 26.4 Å². The Morgan fingerprint density at radius 3 is 2.16 bits per heavy atom. The fraction of sp³-hybridized carbons (Fsp3) is 0.0952. The Labute approximate surface area is 180 Å². The van der Waals surface area contributed by atoms with Gasteiger partial charge in [0.05, 0.1) is 15.4 Å². The van der Waals surface area contributed by atoms with Gasteiger partial charge in [-0.3, -0.25) is 4.79 Å². The summed E-state index contributed by atoms with van der Waals surface area (Å²) in [5, 5.41) is 0.0607. The molecule has 10 heteroatoms. The van der Waals surface area contributed by atoms with Crippen molar-refractivity contribution in [1.82, 2.24) is 0 Å². The summed E-state index contributed by atoms with van der Waals surface area (Å²) >= 11 is 5.91. The molecule has 0 bridgehead atoms. The topological polar surface area (TPSA) is 69.7 Å². The maximum absolute atomic E-state index is 13.7. The van der Waals surface area contributed by atoms with E-state index in [1.54, 1.807) is 6.07 Å². The minimum atomic E-state index is -4.91. The third-order valence-electron chi connectivity index (χ3n) is 3.95. The fourth-order valence-corrected chi connectivity index (χ4v) is 4.19. The van der Waals surface area contributed by atoms with Crippen molar-refractivity contribution < 1.29 is 35.9 Å². The molecule has 0 aliphatic carbocycles. The quantitative estimate of drug-likeness (QED) is 0.342. The molecule has 3 aromatic rings. The van der Waals surface area contributed by atoms with Gasteiger partial charge in [0.1, 0.15) is 17.2 Å². The van der Waals surface area contributed by atoms with Crippen LogP contribution in [0, 0.1) is 0 Å². The first-order valence-electron chi connectivity index (χ1n) is 8.65. The van der Waals surface area contributed by atoms with E-state index < -0.39 is 38.2 Å². The first kappa shape index (κ1) is 22.6. The van der Waals surface area contributed by atoms with Gasteiger partial charge >= 0.3 is 12.1 Å². The van der Waals surface area contributed by atoms with Gasteiger partial charge in [0, 0.05) is 18.0 Å². The molecule has 0 unspecified atom stereocenters. The molecule has 5 nitrogen and oxygen atoms in total. The number of rotatable bonds is 5. The first-order chi connectivity index (χ1) is 14.5. The van der Waals surface area contributed by atoms with Gasteiger partial charge in [0.2, 0.25) is 9.84 Å². The number of carbonyl (C=O) groups excluding carboxylic acids is 1. The Hall–Kier alpha value is -3.04. The largest absolute Gasteiger partial charge is 0.457 e. The zero-order valence-electron chi connectivity index (χ0n) is 15.8. The molecule has 0 N–H and O–H groups in total. The SMILES string of the molecule is CC(=O)Oc1cc(Cl)cc(Oc2ccc(S(=O)(=O)c3ccccc3)cc2C(F)(F)F)c1. The minimum absolute atomic E-state index is 0.0214. The van der Waals surface area contributed by atoms with Crippen LogP contribution in [0.4, 0.5) is 13.2 Å². The summed E-state index contributed by atoms with van der Waals surface area (Å²) in [7, 11) is -4.17. The van der Waals surface area contributed by atoms with Crippen molar-refractivity contribution in [2.75, 3.05) is 0 Å². The van der Waals surface area contributed by atoms with E-state index in [0.717, 1.165) is 19.1 Å². The maximum atomic E-state index is 13.7. The monoisotopic (exact) mass is 470 g/mol. The number of hydrogen-bond donors (Lipinski definition) is 0. The Balaban J connectivity index is 2.05. The number of esters is 1. The van der Waals surface area contributed by atoms with Gasteiger partial charge in [0.15, 0.2) is 0 Å². The lowest BCUT2D eigenvalue weighted by Gasteiger charge is -2.16. The third-order valence-corrected chi connectivity index (χ3v) is 5.94. The average Bonchev–Trinajstić information content (AvgIpc) is 2.67. The van der Waals surface area contributed by atoms with Crippen molar-refractivity contribution in [3.05, 3.63) is 77.3 Å². The number of sulfone groups is 1. The number of carbonyl (C=O) groups is 1. The van der Waals surface area contributed by atoms with Gasteiger partial charge in [-0.1, -0.05) is 29.8 Å². The second-order valence-electron chi connectivity index (χ2n) is 6.29. The van der Waals surface area contributed by atoms with E-state index in [2.05, 4.69) is 0 Å². The number of halogens is 4. The molecule has 3 rings (SSSR count). The number of hydrogen-bond acceptors (Lipinski definition) is 5. The smallest absolute Gasteiger partial charge is 0.420 e. The van der Waals surface area contributed by atoms with Gasteiger partial charge in [-0.25, -0.2) is 8.42 Å². The fourth-order valence-electron chi connectivity index (χ4n) is 2.67. The second-order valence-corrected chi connectivity index (χ2v) is 8.68. The molecule has 0 saturated carbocycles. The van der Waals surface area contributed by atoms with E-state index in [0.29, 0.717) is 6.07 Å². The molecule has 0 fully saturated rings. The molecule has 0 aliphatic heterocycles. The van der Waals surface area contributed by atoms with E-state index in [-0.39, 0.29) is 21.4 Å². The van der Waals surface area contributed by atoms with Gasteiger partial charge in [-0.05, 0) is 42.5 Å². The molecule has 0 radical (unpaired) electrons. The van der Waals surface area contributed by atoms with Gasteiger partial charge < -0.3 is 9.47 Å². The van der Waals surface area contributed by atoms with Crippen LogP contribution in [-0.4, -0.2) is 14.4 Å².